The van der Waals surface area contributed by atoms with Gasteiger partial charge in [0.2, 0.25) is 0 Å². The van der Waals surface area contributed by atoms with E-state index in [9.17, 15) is 27.9 Å². The Balaban J connectivity index is 2.11. The lowest BCUT2D eigenvalue weighted by atomic mass is 10.1. The number of hydrogen-bond donors (Lipinski definition) is 1. The molecule has 0 saturated carbocycles. The number of alkyl halides is 3. The lowest BCUT2D eigenvalue weighted by molar-refractivity contribution is -0.137. The van der Waals surface area contributed by atoms with E-state index in [4.69, 9.17) is 4.42 Å². The average molecular weight is 387 g/mol. The van der Waals surface area contributed by atoms with Crippen LogP contribution in [0.3, 0.4) is 0 Å². The Bertz CT molecular complexity index is 1320. The quantitative estimate of drug-likeness (QED) is 0.538. The Morgan fingerprint density at radius 1 is 1.11 bits per heavy atom. The third kappa shape index (κ3) is 2.74. The van der Waals surface area contributed by atoms with Crippen LogP contribution >= 0.6 is 0 Å². The third-order valence-electron chi connectivity index (χ3n) is 4.57. The van der Waals surface area contributed by atoms with Gasteiger partial charge in [-0.15, -0.1) is 0 Å². The molecule has 0 bridgehead atoms. The summed E-state index contributed by atoms with van der Waals surface area (Å²) >= 11 is 0. The molecule has 0 aliphatic carbocycles. The second-order valence-electron chi connectivity index (χ2n) is 6.37. The summed E-state index contributed by atoms with van der Waals surface area (Å²) in [5.74, 6) is -1.46. The molecule has 2 aromatic heterocycles. The second-order valence-corrected chi connectivity index (χ2v) is 6.37. The molecule has 28 heavy (non-hydrogen) atoms. The van der Waals surface area contributed by atoms with Crippen LogP contribution in [0.4, 0.5) is 13.2 Å². The topological polar surface area (TPSA) is 72.4 Å². The molecule has 2 heterocycles. The monoisotopic (exact) mass is 387 g/mol. The Kier molecular flexibility index (Phi) is 3.81. The van der Waals surface area contributed by atoms with Crippen molar-refractivity contribution in [2.75, 3.05) is 0 Å². The number of pyridine rings is 1. The largest absolute Gasteiger partial charge is 0.477 e. The van der Waals surface area contributed by atoms with E-state index < -0.39 is 28.8 Å². The normalized spacial score (nSPS) is 12.0. The number of halogens is 3. The van der Waals surface area contributed by atoms with Crippen LogP contribution in [0.1, 0.15) is 21.5 Å². The van der Waals surface area contributed by atoms with E-state index in [0.29, 0.717) is 5.58 Å². The molecule has 2 aromatic carbocycles. The number of aromatic carboxylic acids is 1. The minimum Gasteiger partial charge on any atom is -0.477 e. The van der Waals surface area contributed by atoms with Gasteiger partial charge in [-0.05, 0) is 48.2 Å². The van der Waals surface area contributed by atoms with Crippen LogP contribution < -0.4 is 5.56 Å². The SMILES string of the molecule is Cc1coc2cc(-n3c(=O)c(C(=O)O)cc4ccc(C(F)(F)F)cc43)ccc12. The van der Waals surface area contributed by atoms with Crippen LogP contribution in [0.5, 0.6) is 0 Å². The van der Waals surface area contributed by atoms with Gasteiger partial charge in [0.15, 0.2) is 0 Å². The fraction of sp³-hybridized carbons (Fsp3) is 0.100. The van der Waals surface area contributed by atoms with Crippen LogP contribution in [-0.2, 0) is 6.18 Å². The smallest absolute Gasteiger partial charge is 0.416 e. The molecule has 0 spiro atoms. The van der Waals surface area contributed by atoms with Gasteiger partial charge in [-0.2, -0.15) is 13.2 Å². The molecule has 0 saturated heterocycles. The number of hydrogen-bond acceptors (Lipinski definition) is 3. The number of carboxylic acid groups (broad SMARTS) is 1. The highest BCUT2D eigenvalue weighted by Crippen LogP contribution is 2.32. The number of aryl methyl sites for hydroxylation is 1. The van der Waals surface area contributed by atoms with Gasteiger partial charge >= 0.3 is 12.1 Å². The van der Waals surface area contributed by atoms with Crippen LogP contribution in [0.25, 0.3) is 27.6 Å². The number of rotatable bonds is 2. The standard InChI is InChI=1S/C20H12F3NO4/c1-10-9-28-17-8-13(4-5-14(10)17)24-16-7-12(20(21,22)23)3-2-11(16)6-15(18(24)25)19(26)27/h2-9H,1H3,(H,26,27). The Morgan fingerprint density at radius 3 is 2.54 bits per heavy atom. The molecule has 0 unspecified atom stereocenters. The molecule has 8 heteroatoms. The van der Waals surface area contributed by atoms with Crippen molar-refractivity contribution < 1.29 is 27.5 Å². The van der Waals surface area contributed by atoms with Crippen LogP contribution in [0, 0.1) is 6.92 Å². The van der Waals surface area contributed by atoms with Crippen molar-refractivity contribution in [3.05, 3.63) is 75.8 Å². The summed E-state index contributed by atoms with van der Waals surface area (Å²) in [6.07, 6.45) is -3.09. The number of carboxylic acids is 1. The number of nitrogens with zero attached hydrogens (tertiary/aromatic N) is 1. The number of carbonyl (C=O) groups is 1. The van der Waals surface area contributed by atoms with Crippen molar-refractivity contribution in [1.29, 1.82) is 0 Å². The number of aromatic nitrogens is 1. The molecule has 0 atom stereocenters. The van der Waals surface area contributed by atoms with Crippen molar-refractivity contribution in [1.82, 2.24) is 4.57 Å². The fourth-order valence-corrected chi connectivity index (χ4v) is 3.18. The maximum absolute atomic E-state index is 13.2. The van der Waals surface area contributed by atoms with Gasteiger partial charge in [0.05, 0.1) is 23.0 Å². The summed E-state index contributed by atoms with van der Waals surface area (Å²) in [4.78, 5) is 24.3. The zero-order valence-corrected chi connectivity index (χ0v) is 14.4. The van der Waals surface area contributed by atoms with Gasteiger partial charge in [-0.1, -0.05) is 6.07 Å². The highest BCUT2D eigenvalue weighted by molar-refractivity contribution is 5.94. The van der Waals surface area contributed by atoms with E-state index in [1.807, 2.05) is 6.92 Å². The first kappa shape index (κ1) is 17.8. The predicted molar refractivity (Wildman–Crippen MR) is 96.0 cm³/mol. The van der Waals surface area contributed by atoms with Crippen LogP contribution in [0.15, 0.2) is 57.9 Å². The highest BCUT2D eigenvalue weighted by atomic mass is 19.4. The van der Waals surface area contributed by atoms with Gasteiger partial charge in [-0.3, -0.25) is 9.36 Å². The molecule has 4 rings (SSSR count). The summed E-state index contributed by atoms with van der Waals surface area (Å²) in [6, 6.07) is 8.61. The summed E-state index contributed by atoms with van der Waals surface area (Å²) in [7, 11) is 0. The Labute approximate surface area is 155 Å². The van der Waals surface area contributed by atoms with Crippen molar-refractivity contribution in [3.63, 3.8) is 0 Å². The molecule has 0 aliphatic rings. The van der Waals surface area contributed by atoms with Crippen molar-refractivity contribution >= 4 is 27.8 Å². The van der Waals surface area contributed by atoms with Crippen LogP contribution in [0.2, 0.25) is 0 Å². The minimum absolute atomic E-state index is 0.0487. The molecule has 0 radical (unpaired) electrons. The second kappa shape index (κ2) is 5.98. The van der Waals surface area contributed by atoms with Crippen molar-refractivity contribution in [3.8, 4) is 5.69 Å². The minimum atomic E-state index is -4.61. The van der Waals surface area contributed by atoms with E-state index in [1.54, 1.807) is 6.07 Å². The molecule has 0 amide bonds. The first-order valence-corrected chi connectivity index (χ1v) is 8.15. The van der Waals surface area contributed by atoms with Gasteiger partial charge in [0.1, 0.15) is 11.1 Å². The van der Waals surface area contributed by atoms with E-state index in [1.165, 1.54) is 18.4 Å². The van der Waals surface area contributed by atoms with Crippen molar-refractivity contribution in [2.45, 2.75) is 13.1 Å². The van der Waals surface area contributed by atoms with E-state index in [0.717, 1.165) is 39.8 Å². The Hall–Kier alpha value is -3.55. The third-order valence-corrected chi connectivity index (χ3v) is 4.57. The molecular formula is C20H12F3NO4. The number of furan rings is 1. The number of benzene rings is 2. The summed E-state index contributed by atoms with van der Waals surface area (Å²) in [5.41, 5.74) is -0.956. The highest BCUT2D eigenvalue weighted by Gasteiger charge is 2.31. The van der Waals surface area contributed by atoms with E-state index in [-0.39, 0.29) is 16.6 Å². The van der Waals surface area contributed by atoms with Gasteiger partial charge in [-0.25, -0.2) is 4.79 Å². The molecule has 0 fully saturated rings. The molecule has 1 N–H and O–H groups in total. The zero-order chi connectivity index (χ0) is 20.2. The maximum atomic E-state index is 13.2. The molecule has 0 aliphatic heterocycles. The average Bonchev–Trinajstić information content (AvgIpc) is 3.00. The summed E-state index contributed by atoms with van der Waals surface area (Å²) in [6.45, 7) is 1.83. The lowest BCUT2D eigenvalue weighted by Crippen LogP contribution is -2.25. The Morgan fingerprint density at radius 2 is 1.86 bits per heavy atom. The molecule has 5 nitrogen and oxygen atoms in total. The van der Waals surface area contributed by atoms with E-state index in [2.05, 4.69) is 0 Å². The van der Waals surface area contributed by atoms with Gasteiger partial charge in [0.25, 0.3) is 5.56 Å². The zero-order valence-electron chi connectivity index (χ0n) is 14.4. The van der Waals surface area contributed by atoms with Gasteiger partial charge < -0.3 is 9.52 Å². The first-order chi connectivity index (χ1) is 13.2. The lowest BCUT2D eigenvalue weighted by Gasteiger charge is -2.14. The molecule has 142 valence electrons. The van der Waals surface area contributed by atoms with Crippen LogP contribution in [-0.4, -0.2) is 15.6 Å². The molecular weight excluding hydrogens is 375 g/mol. The van der Waals surface area contributed by atoms with Crippen molar-refractivity contribution in [2.24, 2.45) is 0 Å². The van der Waals surface area contributed by atoms with E-state index >= 15 is 0 Å². The predicted octanol–water partition coefficient (Wildman–Crippen LogP) is 4.76. The first-order valence-electron chi connectivity index (χ1n) is 8.15. The summed E-state index contributed by atoms with van der Waals surface area (Å²) < 4.78 is 45.9. The number of fused-ring (bicyclic) bond motifs is 2. The van der Waals surface area contributed by atoms with Gasteiger partial charge in [0, 0.05) is 11.5 Å². The molecule has 4 aromatic rings. The summed E-state index contributed by atoms with van der Waals surface area (Å²) in [5, 5.41) is 10.3. The fourth-order valence-electron chi connectivity index (χ4n) is 3.18. The maximum Gasteiger partial charge on any atom is 0.416 e.